The van der Waals surface area contributed by atoms with Crippen LogP contribution in [0.5, 0.6) is 0 Å². The van der Waals surface area contributed by atoms with Crippen molar-refractivity contribution in [2.24, 2.45) is 0 Å². The number of aryl methyl sites for hydroxylation is 1. The van der Waals surface area contributed by atoms with Gasteiger partial charge in [-0.2, -0.15) is 0 Å². The molecule has 5 N–H and O–H groups in total. The minimum Gasteiger partial charge on any atom is -0.380 e. The van der Waals surface area contributed by atoms with Gasteiger partial charge in [0.1, 0.15) is 5.84 Å². The number of carbonyl (C=O) groups is 3. The molecule has 2 aromatic carbocycles. The molecule has 11 heteroatoms. The normalized spacial score (nSPS) is 19.9. The molecule has 34 heavy (non-hydrogen) atoms. The predicted octanol–water partition coefficient (Wildman–Crippen LogP) is 1.15. The molecule has 3 heterocycles. The topological polar surface area (TPSA) is 144 Å². The monoisotopic (exact) mass is 485 g/mol. The molecule has 1 fully saturated rings. The number of amides is 3. The fourth-order valence-corrected chi connectivity index (χ4v) is 4.31. The van der Waals surface area contributed by atoms with Crippen LogP contribution in [0, 0.1) is 5.41 Å². The number of fused-ring (bicyclic) bond motifs is 2. The van der Waals surface area contributed by atoms with Crippen LogP contribution in [-0.2, 0) is 32.1 Å². The number of nitrogens with zero attached hydrogens (tertiary/aromatic N) is 1. The average molecular weight is 486 g/mol. The summed E-state index contributed by atoms with van der Waals surface area (Å²) in [5.74, 6) is -1.03. The summed E-state index contributed by atoms with van der Waals surface area (Å²) < 4.78 is 5.47. The summed E-state index contributed by atoms with van der Waals surface area (Å²) in [6, 6.07) is 10.5. The molecule has 0 aliphatic carbocycles. The molecule has 0 spiro atoms. The van der Waals surface area contributed by atoms with Crippen LogP contribution in [-0.4, -0.2) is 54.0 Å². The molecule has 10 nitrogen and oxygen atoms in total. The maximum absolute atomic E-state index is 13.1. The molecule has 0 radical (unpaired) electrons. The van der Waals surface area contributed by atoms with Gasteiger partial charge in [0.2, 0.25) is 5.91 Å². The fraction of sp³-hybridized carbons (Fsp3) is 0.304. The van der Waals surface area contributed by atoms with Gasteiger partial charge in [-0.1, -0.05) is 6.07 Å². The third kappa shape index (κ3) is 4.35. The fourth-order valence-electron chi connectivity index (χ4n) is 4.31. The number of ether oxygens (including phenoxy) is 1. The number of aliphatic hydroxyl groups is 1. The summed E-state index contributed by atoms with van der Waals surface area (Å²) >= 11 is 0. The zero-order valence-electron chi connectivity index (χ0n) is 18.1. The molecule has 5 rings (SSSR count). The Kier molecular flexibility index (Phi) is 6.56. The molecule has 3 aliphatic heterocycles. The van der Waals surface area contributed by atoms with Crippen molar-refractivity contribution in [1.82, 2.24) is 5.32 Å². The highest BCUT2D eigenvalue weighted by Crippen LogP contribution is 2.29. The van der Waals surface area contributed by atoms with Crippen molar-refractivity contribution in [3.8, 4) is 0 Å². The molecule has 2 aromatic rings. The van der Waals surface area contributed by atoms with Crippen LogP contribution >= 0.6 is 12.4 Å². The van der Waals surface area contributed by atoms with Crippen LogP contribution in [0.15, 0.2) is 36.4 Å². The molecular weight excluding hydrogens is 462 g/mol. The largest absolute Gasteiger partial charge is 0.380 e. The number of halogens is 1. The van der Waals surface area contributed by atoms with Gasteiger partial charge in [-0.05, 0) is 47.9 Å². The smallest absolute Gasteiger partial charge is 0.259 e. The molecule has 3 amide bonds. The molecule has 0 saturated carbocycles. The predicted molar refractivity (Wildman–Crippen MR) is 127 cm³/mol. The highest BCUT2D eigenvalue weighted by Gasteiger charge is 2.39. The SMILES string of the molecule is Cl.N=C1NCc2cc(NC(=O)[C@H](O)[C@H]3OCCN(c4ccc5c(c4)NC(=O)CC5)C3=O)ccc21. The number of amidine groups is 1. The number of anilines is 3. The maximum Gasteiger partial charge on any atom is 0.259 e. The minimum atomic E-state index is -1.71. The Morgan fingerprint density at radius 1 is 1.18 bits per heavy atom. The van der Waals surface area contributed by atoms with E-state index in [-0.39, 0.29) is 31.5 Å². The van der Waals surface area contributed by atoms with Gasteiger partial charge in [-0.25, -0.2) is 0 Å². The van der Waals surface area contributed by atoms with E-state index in [2.05, 4.69) is 16.0 Å². The zero-order chi connectivity index (χ0) is 23.1. The van der Waals surface area contributed by atoms with Gasteiger partial charge in [-0.3, -0.25) is 19.8 Å². The molecule has 3 aliphatic rings. The highest BCUT2D eigenvalue weighted by molar-refractivity contribution is 6.05. The summed E-state index contributed by atoms with van der Waals surface area (Å²) in [5.41, 5.74) is 4.31. The van der Waals surface area contributed by atoms with E-state index in [9.17, 15) is 19.5 Å². The molecule has 0 aromatic heterocycles. The van der Waals surface area contributed by atoms with Crippen LogP contribution in [0.2, 0.25) is 0 Å². The van der Waals surface area contributed by atoms with E-state index >= 15 is 0 Å². The first-order valence-electron chi connectivity index (χ1n) is 10.7. The molecule has 178 valence electrons. The number of carbonyl (C=O) groups excluding carboxylic acids is 3. The van der Waals surface area contributed by atoms with Crippen LogP contribution in [0.25, 0.3) is 0 Å². The molecule has 0 bridgehead atoms. The van der Waals surface area contributed by atoms with Crippen molar-refractivity contribution in [3.05, 3.63) is 53.1 Å². The molecule has 0 unspecified atom stereocenters. The second-order valence-corrected chi connectivity index (χ2v) is 8.21. The molecule has 1 saturated heterocycles. The van der Waals surface area contributed by atoms with E-state index in [1.807, 2.05) is 6.07 Å². The number of morpholine rings is 1. The van der Waals surface area contributed by atoms with Gasteiger partial charge in [-0.15, -0.1) is 12.4 Å². The lowest BCUT2D eigenvalue weighted by Gasteiger charge is -2.34. The number of nitrogens with one attached hydrogen (secondary N) is 4. The van der Waals surface area contributed by atoms with E-state index in [4.69, 9.17) is 10.1 Å². The van der Waals surface area contributed by atoms with Gasteiger partial charge >= 0.3 is 0 Å². The quantitative estimate of drug-likeness (QED) is 0.439. The van der Waals surface area contributed by atoms with E-state index < -0.39 is 24.0 Å². The lowest BCUT2D eigenvalue weighted by Crippen LogP contribution is -2.55. The van der Waals surface area contributed by atoms with Gasteiger partial charge in [0.15, 0.2) is 12.2 Å². The van der Waals surface area contributed by atoms with Crippen molar-refractivity contribution >= 4 is 53.0 Å². The van der Waals surface area contributed by atoms with Gasteiger partial charge in [0.25, 0.3) is 11.8 Å². The van der Waals surface area contributed by atoms with Crippen molar-refractivity contribution in [1.29, 1.82) is 5.41 Å². The van der Waals surface area contributed by atoms with Crippen LogP contribution in [0.3, 0.4) is 0 Å². The van der Waals surface area contributed by atoms with Crippen molar-refractivity contribution < 1.29 is 24.2 Å². The number of hydrogen-bond donors (Lipinski definition) is 5. The van der Waals surface area contributed by atoms with Crippen LogP contribution < -0.4 is 20.9 Å². The van der Waals surface area contributed by atoms with Gasteiger partial charge in [0, 0.05) is 42.1 Å². The third-order valence-electron chi connectivity index (χ3n) is 6.08. The van der Waals surface area contributed by atoms with E-state index in [1.54, 1.807) is 30.3 Å². The molecule has 2 atom stereocenters. The first-order chi connectivity index (χ1) is 15.9. The van der Waals surface area contributed by atoms with Crippen molar-refractivity contribution in [3.63, 3.8) is 0 Å². The van der Waals surface area contributed by atoms with E-state index in [0.717, 1.165) is 16.7 Å². The minimum absolute atomic E-state index is 0. The summed E-state index contributed by atoms with van der Waals surface area (Å²) in [6.45, 7) is 0.901. The summed E-state index contributed by atoms with van der Waals surface area (Å²) in [5, 5.41) is 26.8. The van der Waals surface area contributed by atoms with Crippen molar-refractivity contribution in [2.45, 2.75) is 31.6 Å². The van der Waals surface area contributed by atoms with E-state index in [1.165, 1.54) is 4.90 Å². The Balaban J connectivity index is 0.00000274. The van der Waals surface area contributed by atoms with Gasteiger partial charge in [0.05, 0.1) is 6.61 Å². The van der Waals surface area contributed by atoms with Crippen molar-refractivity contribution in [2.75, 3.05) is 28.7 Å². The average Bonchev–Trinajstić information content (AvgIpc) is 3.18. The number of aliphatic hydroxyl groups excluding tert-OH is 1. The molecular formula is C23H24ClN5O5. The summed E-state index contributed by atoms with van der Waals surface area (Å²) in [7, 11) is 0. The Hall–Kier alpha value is -3.47. The summed E-state index contributed by atoms with van der Waals surface area (Å²) in [6.07, 6.45) is -1.99. The van der Waals surface area contributed by atoms with Gasteiger partial charge < -0.3 is 30.7 Å². The Morgan fingerprint density at radius 2 is 2.00 bits per heavy atom. The summed E-state index contributed by atoms with van der Waals surface area (Å²) in [4.78, 5) is 38.9. The second kappa shape index (κ2) is 9.41. The number of benzene rings is 2. The first-order valence-corrected chi connectivity index (χ1v) is 10.7. The lowest BCUT2D eigenvalue weighted by molar-refractivity contribution is -0.150. The third-order valence-corrected chi connectivity index (χ3v) is 6.08. The Bertz CT molecular complexity index is 1190. The standard InChI is InChI=1S/C23H23N5O5.ClH/c24-21-16-5-3-14(9-13(16)11-25-21)26-22(31)19(30)20-23(32)28(7-8-33-20)15-4-1-12-2-6-18(29)27-17(12)10-15;/h1,3-5,9-10,19-20,30H,2,6-8,11H2,(H2,24,25)(H,26,31)(H,27,29);1H/t19-,20-;/m1./s1. The highest BCUT2D eigenvalue weighted by atomic mass is 35.5. The maximum atomic E-state index is 13.1. The second-order valence-electron chi connectivity index (χ2n) is 8.21. The Morgan fingerprint density at radius 3 is 2.82 bits per heavy atom. The van der Waals surface area contributed by atoms with E-state index in [0.29, 0.717) is 42.3 Å². The lowest BCUT2D eigenvalue weighted by atomic mass is 10.0. The number of rotatable bonds is 4. The number of hydrogen-bond acceptors (Lipinski definition) is 6. The van der Waals surface area contributed by atoms with Crippen LogP contribution in [0.4, 0.5) is 17.1 Å². The zero-order valence-corrected chi connectivity index (χ0v) is 18.9. The first kappa shape index (κ1) is 23.7. The van der Waals surface area contributed by atoms with Crippen LogP contribution in [0.1, 0.15) is 23.1 Å². The Labute approximate surface area is 201 Å².